The van der Waals surface area contributed by atoms with Gasteiger partial charge in [0, 0.05) is 11.9 Å². The van der Waals surface area contributed by atoms with E-state index in [1.165, 1.54) is 0 Å². The molecule has 1 aromatic heterocycles. The summed E-state index contributed by atoms with van der Waals surface area (Å²) in [7, 11) is 0. The molecule has 0 aliphatic heterocycles. The van der Waals surface area contributed by atoms with Crippen molar-refractivity contribution < 1.29 is 9.90 Å². The van der Waals surface area contributed by atoms with Gasteiger partial charge in [-0.05, 0) is 24.3 Å². The first kappa shape index (κ1) is 10.2. The Labute approximate surface area is 92.2 Å². The first-order chi connectivity index (χ1) is 7.75. The smallest absolute Gasteiger partial charge is 0.335 e. The second-order valence-corrected chi connectivity index (χ2v) is 3.31. The molecule has 0 aliphatic carbocycles. The Morgan fingerprint density at radius 3 is 2.69 bits per heavy atom. The summed E-state index contributed by atoms with van der Waals surface area (Å²) in [4.78, 5) is 17.5. The number of hydrogen-bond donors (Lipinski definition) is 3. The third-order valence-corrected chi connectivity index (χ3v) is 2.17. The van der Waals surface area contributed by atoms with E-state index in [1.54, 1.807) is 36.8 Å². The van der Waals surface area contributed by atoms with Crippen molar-refractivity contribution in [1.29, 1.82) is 0 Å². The number of carbonyl (C=O) groups is 1. The average molecular weight is 217 g/mol. The molecule has 1 aromatic carbocycles. The minimum Gasteiger partial charge on any atom is -0.478 e. The molecule has 5 heteroatoms. The number of hydrogen-bond acceptors (Lipinski definition) is 3. The third kappa shape index (κ3) is 2.38. The molecule has 2 rings (SSSR count). The van der Waals surface area contributed by atoms with Crippen LogP contribution in [0.2, 0.25) is 0 Å². The Bertz CT molecular complexity index is 462. The van der Waals surface area contributed by atoms with Crippen LogP contribution in [0, 0.1) is 0 Å². The van der Waals surface area contributed by atoms with Crippen LogP contribution in [0.1, 0.15) is 16.1 Å². The molecule has 1 heterocycles. The van der Waals surface area contributed by atoms with Crippen molar-refractivity contribution in [2.24, 2.45) is 0 Å². The fraction of sp³-hybridized carbons (Fsp3) is 0.0909. The molecule has 82 valence electrons. The summed E-state index contributed by atoms with van der Waals surface area (Å²) in [5.74, 6) is -0.917. The number of benzene rings is 1. The molecule has 0 saturated heterocycles. The number of carboxylic acids is 1. The quantitative estimate of drug-likeness (QED) is 0.728. The molecule has 0 radical (unpaired) electrons. The lowest BCUT2D eigenvalue weighted by molar-refractivity contribution is 0.0697. The minimum atomic E-state index is -0.917. The van der Waals surface area contributed by atoms with Gasteiger partial charge in [0.15, 0.2) is 0 Å². The zero-order chi connectivity index (χ0) is 11.4. The first-order valence-electron chi connectivity index (χ1n) is 4.80. The highest BCUT2D eigenvalue weighted by atomic mass is 16.4. The van der Waals surface area contributed by atoms with Crippen LogP contribution in [0.15, 0.2) is 36.8 Å². The Morgan fingerprint density at radius 2 is 2.12 bits per heavy atom. The SMILES string of the molecule is O=C(O)c1ccc(NCc2cnc[nH]2)cc1. The molecule has 0 fully saturated rings. The largest absolute Gasteiger partial charge is 0.478 e. The van der Waals surface area contributed by atoms with E-state index in [0.717, 1.165) is 11.4 Å². The Kier molecular flexibility index (Phi) is 2.86. The van der Waals surface area contributed by atoms with E-state index < -0.39 is 5.97 Å². The fourth-order valence-corrected chi connectivity index (χ4v) is 1.31. The van der Waals surface area contributed by atoms with Gasteiger partial charge in [0.1, 0.15) is 0 Å². The lowest BCUT2D eigenvalue weighted by Gasteiger charge is -2.04. The predicted octanol–water partition coefficient (Wildman–Crippen LogP) is 1.72. The number of rotatable bonds is 4. The van der Waals surface area contributed by atoms with Crippen LogP contribution in [0.5, 0.6) is 0 Å². The highest BCUT2D eigenvalue weighted by Crippen LogP contribution is 2.10. The molecule has 16 heavy (non-hydrogen) atoms. The van der Waals surface area contributed by atoms with E-state index in [2.05, 4.69) is 15.3 Å². The van der Waals surface area contributed by atoms with Gasteiger partial charge in [-0.1, -0.05) is 0 Å². The predicted molar refractivity (Wildman–Crippen MR) is 59.3 cm³/mol. The number of nitrogens with zero attached hydrogens (tertiary/aromatic N) is 1. The maximum Gasteiger partial charge on any atom is 0.335 e. The molecule has 2 aromatic rings. The number of imidazole rings is 1. The lowest BCUT2D eigenvalue weighted by atomic mass is 10.2. The second-order valence-electron chi connectivity index (χ2n) is 3.31. The molecule has 5 nitrogen and oxygen atoms in total. The van der Waals surface area contributed by atoms with Gasteiger partial charge in [-0.25, -0.2) is 9.78 Å². The number of aromatic amines is 1. The van der Waals surface area contributed by atoms with E-state index in [0.29, 0.717) is 6.54 Å². The molecular weight excluding hydrogens is 206 g/mol. The molecule has 0 amide bonds. The highest BCUT2D eigenvalue weighted by Gasteiger charge is 2.01. The number of aromatic carboxylic acids is 1. The van der Waals surface area contributed by atoms with E-state index in [-0.39, 0.29) is 5.56 Å². The summed E-state index contributed by atoms with van der Waals surface area (Å²) in [6, 6.07) is 6.61. The Hall–Kier alpha value is -2.30. The van der Waals surface area contributed by atoms with Crippen LogP contribution in [0.25, 0.3) is 0 Å². The number of H-pyrrole nitrogens is 1. The Balaban J connectivity index is 1.98. The van der Waals surface area contributed by atoms with Crippen molar-refractivity contribution in [1.82, 2.24) is 9.97 Å². The van der Waals surface area contributed by atoms with Crippen molar-refractivity contribution in [2.45, 2.75) is 6.54 Å². The second kappa shape index (κ2) is 4.48. The summed E-state index contributed by atoms with van der Waals surface area (Å²) in [6.07, 6.45) is 3.35. The summed E-state index contributed by atoms with van der Waals surface area (Å²) in [5.41, 5.74) is 2.13. The molecule has 0 saturated carbocycles. The molecule has 0 atom stereocenters. The number of nitrogens with one attached hydrogen (secondary N) is 2. The van der Waals surface area contributed by atoms with Gasteiger partial charge in [-0.15, -0.1) is 0 Å². The number of carboxylic acid groups (broad SMARTS) is 1. The van der Waals surface area contributed by atoms with Gasteiger partial charge in [0.25, 0.3) is 0 Å². The van der Waals surface area contributed by atoms with Gasteiger partial charge in [0.05, 0.1) is 24.1 Å². The van der Waals surface area contributed by atoms with Crippen LogP contribution in [-0.4, -0.2) is 21.0 Å². The van der Waals surface area contributed by atoms with Gasteiger partial charge >= 0.3 is 5.97 Å². The highest BCUT2D eigenvalue weighted by molar-refractivity contribution is 5.87. The van der Waals surface area contributed by atoms with Gasteiger partial charge < -0.3 is 15.4 Å². The van der Waals surface area contributed by atoms with Gasteiger partial charge in [-0.2, -0.15) is 0 Å². The zero-order valence-corrected chi connectivity index (χ0v) is 8.47. The van der Waals surface area contributed by atoms with E-state index >= 15 is 0 Å². The fourth-order valence-electron chi connectivity index (χ4n) is 1.31. The van der Waals surface area contributed by atoms with Crippen molar-refractivity contribution in [3.8, 4) is 0 Å². The molecule has 3 N–H and O–H groups in total. The summed E-state index contributed by atoms with van der Waals surface area (Å²) in [6.45, 7) is 0.631. The standard InChI is InChI=1S/C11H11N3O2/c15-11(16)8-1-3-9(4-2-8)13-6-10-5-12-7-14-10/h1-5,7,13H,6H2,(H,12,14)(H,15,16). The molecule has 0 spiro atoms. The molecule has 0 bridgehead atoms. The van der Waals surface area contributed by atoms with Crippen molar-refractivity contribution >= 4 is 11.7 Å². The summed E-state index contributed by atoms with van der Waals surface area (Å²) < 4.78 is 0. The first-order valence-corrected chi connectivity index (χ1v) is 4.80. The van der Waals surface area contributed by atoms with Gasteiger partial charge in [0.2, 0.25) is 0 Å². The van der Waals surface area contributed by atoms with Crippen LogP contribution in [0.4, 0.5) is 5.69 Å². The average Bonchev–Trinajstić information content (AvgIpc) is 2.80. The van der Waals surface area contributed by atoms with Crippen molar-refractivity contribution in [3.05, 3.63) is 48.0 Å². The zero-order valence-electron chi connectivity index (χ0n) is 8.47. The van der Waals surface area contributed by atoms with E-state index in [4.69, 9.17) is 5.11 Å². The normalized spacial score (nSPS) is 10.0. The Morgan fingerprint density at radius 1 is 1.38 bits per heavy atom. The molecule has 0 unspecified atom stereocenters. The maximum atomic E-state index is 10.6. The van der Waals surface area contributed by atoms with Crippen LogP contribution in [-0.2, 0) is 6.54 Å². The summed E-state index contributed by atoms with van der Waals surface area (Å²) >= 11 is 0. The van der Waals surface area contributed by atoms with E-state index in [9.17, 15) is 4.79 Å². The van der Waals surface area contributed by atoms with Crippen LogP contribution >= 0.6 is 0 Å². The van der Waals surface area contributed by atoms with E-state index in [1.807, 2.05) is 0 Å². The van der Waals surface area contributed by atoms with Crippen molar-refractivity contribution in [2.75, 3.05) is 5.32 Å². The van der Waals surface area contributed by atoms with Gasteiger partial charge in [-0.3, -0.25) is 0 Å². The van der Waals surface area contributed by atoms with Crippen LogP contribution < -0.4 is 5.32 Å². The number of anilines is 1. The topological polar surface area (TPSA) is 78.0 Å². The number of aromatic nitrogens is 2. The van der Waals surface area contributed by atoms with Crippen LogP contribution in [0.3, 0.4) is 0 Å². The minimum absolute atomic E-state index is 0.284. The third-order valence-electron chi connectivity index (χ3n) is 2.17. The maximum absolute atomic E-state index is 10.6. The lowest BCUT2D eigenvalue weighted by Crippen LogP contribution is -2.00. The monoisotopic (exact) mass is 217 g/mol. The molecule has 0 aliphatic rings. The molecular formula is C11H11N3O2. The van der Waals surface area contributed by atoms with Crippen molar-refractivity contribution in [3.63, 3.8) is 0 Å². The summed E-state index contributed by atoms with van der Waals surface area (Å²) in [5, 5.41) is 11.9.